The Morgan fingerprint density at radius 1 is 0.385 bits per heavy atom. The lowest BCUT2D eigenvalue weighted by Gasteiger charge is -2.62. The summed E-state index contributed by atoms with van der Waals surface area (Å²) in [4.78, 5) is 50.0. The van der Waals surface area contributed by atoms with Gasteiger partial charge in [-0.1, -0.05) is 55.4 Å². The first-order valence-electron chi connectivity index (χ1n) is 33.5. The summed E-state index contributed by atoms with van der Waals surface area (Å²) < 4.78 is 24.8. The van der Waals surface area contributed by atoms with Crippen LogP contribution in [0, 0.1) is 123 Å². The Morgan fingerprint density at radius 2 is 0.654 bits per heavy atom. The Hall–Kier alpha value is -2.12. The molecule has 16 aliphatic rings. The highest BCUT2D eigenvalue weighted by Crippen LogP contribution is 2.65. The maximum Gasteiger partial charge on any atom is 0.312 e. The summed E-state index contributed by atoms with van der Waals surface area (Å²) in [5.41, 5.74) is -1.64. The van der Waals surface area contributed by atoms with E-state index < -0.39 is 0 Å². The fraction of sp³-hybridized carbons (Fsp3) is 0.943. The Labute approximate surface area is 476 Å². The zero-order valence-electron chi connectivity index (χ0n) is 52.8. The van der Waals surface area contributed by atoms with Gasteiger partial charge in [0, 0.05) is 0 Å². The number of hydrogen-bond acceptors (Lipinski definition) is 8. The van der Waals surface area contributed by atoms with Gasteiger partial charge in [-0.25, -0.2) is 0 Å². The monoisotopic (exact) mass is 1080 g/mol. The van der Waals surface area contributed by atoms with E-state index in [1.54, 1.807) is 0 Å². The van der Waals surface area contributed by atoms with Crippen molar-refractivity contribution < 1.29 is 38.1 Å². The third-order valence-corrected chi connectivity index (χ3v) is 26.4. The Morgan fingerprint density at radius 3 is 0.936 bits per heavy atom. The molecule has 0 aromatic heterocycles. The van der Waals surface area contributed by atoms with Crippen LogP contribution in [0.25, 0.3) is 0 Å². The Balaban J connectivity index is 0.000000127. The molecule has 78 heavy (non-hydrogen) atoms. The first kappa shape index (κ1) is 60.5. The Kier molecular flexibility index (Phi) is 17.4. The largest absolute Gasteiger partial charge is 0.459 e. The molecule has 0 aliphatic heterocycles. The number of esters is 4. The minimum atomic E-state index is -0.351. The highest BCUT2D eigenvalue weighted by Gasteiger charge is 2.63. The topological polar surface area (TPSA) is 105 Å². The average Bonchev–Trinajstić information content (AvgIpc) is 3.38. The molecule has 0 saturated heterocycles. The van der Waals surface area contributed by atoms with Crippen molar-refractivity contribution in [3.05, 3.63) is 0 Å². The normalized spacial score (nSPS) is 43.9. The minimum absolute atomic E-state index is 0.0185. The molecule has 16 rings (SSSR count). The lowest BCUT2D eigenvalue weighted by Crippen LogP contribution is -2.63. The molecule has 16 saturated carbocycles. The fourth-order valence-electron chi connectivity index (χ4n) is 20.4. The van der Waals surface area contributed by atoms with E-state index in [0.29, 0.717) is 53.3 Å². The van der Waals surface area contributed by atoms with E-state index in [-0.39, 0.29) is 68.4 Å². The highest BCUT2D eigenvalue weighted by atomic mass is 16.6. The molecular weight excluding hydrogens is 969 g/mol. The van der Waals surface area contributed by atoms with E-state index in [4.69, 9.17) is 18.9 Å². The maximum atomic E-state index is 12.8. The average molecular weight is 1090 g/mol. The smallest absolute Gasteiger partial charge is 0.312 e. The van der Waals surface area contributed by atoms with E-state index in [1.807, 2.05) is 48.5 Å². The van der Waals surface area contributed by atoms with Crippen LogP contribution in [0.5, 0.6) is 0 Å². The molecule has 8 nitrogen and oxygen atoms in total. The van der Waals surface area contributed by atoms with Crippen LogP contribution in [0.3, 0.4) is 0 Å². The standard InChI is InChI=1S/C19H32O2.C18H30O2.C17H28O2.C16H26O2/c1-6-18(4,5)17(20)21-19(12(2)3)15-8-13-7-14(10-15)11-16(19)9-13;1-5-17(3,4)16(19)20-18(6-2)14-8-12-7-13(10-14)11-15(18)9-12;1-5-16(2,3)15(18)19-17(4)13-7-11-6-12(9-13)10-14(17)8-11;1-4-10(2)15(17)18-16(3)13-6-11-5-12(8-13)9-14(16)7-11/h12-16H,6-11H2,1-5H3;12-15H,5-11H2,1-4H3;11-14H,5-10H2,1-4H3;10-14H,4-9H2,1-3H3. The molecule has 0 amide bonds. The summed E-state index contributed by atoms with van der Waals surface area (Å²) in [5, 5.41) is 0. The zero-order valence-corrected chi connectivity index (χ0v) is 52.8. The van der Waals surface area contributed by atoms with Gasteiger partial charge in [0.1, 0.15) is 22.4 Å². The van der Waals surface area contributed by atoms with Gasteiger partial charge in [-0.05, 0) is 317 Å². The van der Waals surface area contributed by atoms with Gasteiger partial charge in [0.25, 0.3) is 0 Å². The molecule has 0 radical (unpaired) electrons. The molecule has 16 fully saturated rings. The zero-order chi connectivity index (χ0) is 56.7. The SMILES string of the molecule is CCC(C)(C)C(=O)OC1(C(C)C)C2CC3CC(C2)CC1C3.CCC(C)(C)C(=O)OC1(C)C2CC3CC(C2)CC1C3.CCC(C)(C)C(=O)OC1(CC)C2CC3CC(C2)CC1C3.CCC(C)C(=O)OC1(C)C2CC3CC(C2)CC1C3. The summed E-state index contributed by atoms with van der Waals surface area (Å²) in [6.45, 7) is 33.6. The molecule has 16 bridgehead atoms. The van der Waals surface area contributed by atoms with Crippen LogP contribution < -0.4 is 0 Å². The second-order valence-corrected chi connectivity index (χ2v) is 32.5. The van der Waals surface area contributed by atoms with Crippen LogP contribution in [0.1, 0.15) is 271 Å². The number of carbonyl (C=O) groups excluding carboxylic acids is 4. The van der Waals surface area contributed by atoms with E-state index in [9.17, 15) is 19.2 Å². The number of carbonyl (C=O) groups is 4. The summed E-state index contributed by atoms with van der Waals surface area (Å²) in [5.74, 6) is 13.1. The molecule has 444 valence electrons. The van der Waals surface area contributed by atoms with Crippen molar-refractivity contribution >= 4 is 23.9 Å². The predicted octanol–water partition coefficient (Wildman–Crippen LogP) is 17.4. The molecule has 1 atom stereocenters. The van der Waals surface area contributed by atoms with Crippen LogP contribution in [0.2, 0.25) is 0 Å². The van der Waals surface area contributed by atoms with Crippen molar-refractivity contribution in [1.29, 1.82) is 0 Å². The summed E-state index contributed by atoms with van der Waals surface area (Å²) in [7, 11) is 0. The number of ether oxygens (including phenoxy) is 4. The van der Waals surface area contributed by atoms with Crippen molar-refractivity contribution in [2.75, 3.05) is 0 Å². The molecule has 0 aromatic carbocycles. The van der Waals surface area contributed by atoms with Crippen LogP contribution >= 0.6 is 0 Å². The maximum absolute atomic E-state index is 12.8. The van der Waals surface area contributed by atoms with E-state index in [2.05, 4.69) is 62.3 Å². The lowest BCUT2D eigenvalue weighted by atomic mass is 9.47. The number of hydrogen-bond donors (Lipinski definition) is 0. The van der Waals surface area contributed by atoms with Gasteiger partial charge < -0.3 is 18.9 Å². The van der Waals surface area contributed by atoms with E-state index in [0.717, 1.165) is 79.4 Å². The third-order valence-electron chi connectivity index (χ3n) is 26.4. The van der Waals surface area contributed by atoms with Crippen LogP contribution in [0.4, 0.5) is 0 Å². The van der Waals surface area contributed by atoms with Gasteiger partial charge in [-0.2, -0.15) is 0 Å². The second-order valence-electron chi connectivity index (χ2n) is 32.5. The van der Waals surface area contributed by atoms with E-state index in [1.165, 1.54) is 128 Å². The van der Waals surface area contributed by atoms with Gasteiger partial charge in [-0.15, -0.1) is 0 Å². The Bertz CT molecular complexity index is 2030. The molecule has 0 aromatic rings. The van der Waals surface area contributed by atoms with Gasteiger partial charge in [-0.3, -0.25) is 19.2 Å². The van der Waals surface area contributed by atoms with Gasteiger partial charge in [0.15, 0.2) is 0 Å². The van der Waals surface area contributed by atoms with Gasteiger partial charge >= 0.3 is 23.9 Å². The molecular formula is C70H116O8. The van der Waals surface area contributed by atoms with Crippen molar-refractivity contribution in [3.63, 3.8) is 0 Å². The van der Waals surface area contributed by atoms with Crippen molar-refractivity contribution in [2.24, 2.45) is 123 Å². The van der Waals surface area contributed by atoms with Crippen molar-refractivity contribution in [3.8, 4) is 0 Å². The van der Waals surface area contributed by atoms with Gasteiger partial charge in [0.05, 0.1) is 22.2 Å². The van der Waals surface area contributed by atoms with Crippen LogP contribution in [0.15, 0.2) is 0 Å². The van der Waals surface area contributed by atoms with Gasteiger partial charge in [0.2, 0.25) is 0 Å². The summed E-state index contributed by atoms with van der Waals surface area (Å²) in [6.07, 6.45) is 31.0. The second kappa shape index (κ2) is 22.5. The quantitative estimate of drug-likeness (QED) is 0.125. The molecule has 1 unspecified atom stereocenters. The molecule has 0 spiro atoms. The lowest BCUT2D eigenvalue weighted by molar-refractivity contribution is -0.231. The molecule has 0 N–H and O–H groups in total. The van der Waals surface area contributed by atoms with Crippen LogP contribution in [-0.2, 0) is 38.1 Å². The first-order valence-corrected chi connectivity index (χ1v) is 33.5. The first-order chi connectivity index (χ1) is 36.6. The van der Waals surface area contributed by atoms with E-state index >= 15 is 0 Å². The molecule has 8 heteroatoms. The molecule has 16 aliphatic carbocycles. The fourth-order valence-corrected chi connectivity index (χ4v) is 20.4. The summed E-state index contributed by atoms with van der Waals surface area (Å²) in [6, 6.07) is 0. The van der Waals surface area contributed by atoms with Crippen LogP contribution in [-0.4, -0.2) is 46.3 Å². The predicted molar refractivity (Wildman–Crippen MR) is 312 cm³/mol. The molecule has 0 heterocycles. The van der Waals surface area contributed by atoms with Crippen molar-refractivity contribution in [2.45, 2.75) is 294 Å². The summed E-state index contributed by atoms with van der Waals surface area (Å²) >= 11 is 0. The number of rotatable bonds is 14. The third kappa shape index (κ3) is 11.1. The highest BCUT2D eigenvalue weighted by molar-refractivity contribution is 5.77. The van der Waals surface area contributed by atoms with Crippen molar-refractivity contribution in [1.82, 2.24) is 0 Å². The minimum Gasteiger partial charge on any atom is -0.459 e.